The first-order chi connectivity index (χ1) is 12.8. The van der Waals surface area contributed by atoms with Crippen molar-refractivity contribution in [2.24, 2.45) is 5.41 Å². The SMILES string of the molecule is COc1ccc(C2C3=C(CC(C)(C)CC3=O)Nc3onc(C)c32)cc1OC. The smallest absolute Gasteiger partial charge is 0.233 e. The number of ketones is 1. The van der Waals surface area contributed by atoms with Gasteiger partial charge >= 0.3 is 0 Å². The highest BCUT2D eigenvalue weighted by Crippen LogP contribution is 2.50. The molecule has 0 radical (unpaired) electrons. The molecule has 1 unspecified atom stereocenters. The zero-order valence-electron chi connectivity index (χ0n) is 16.3. The molecule has 1 aliphatic carbocycles. The highest BCUT2D eigenvalue weighted by molar-refractivity contribution is 6.01. The van der Waals surface area contributed by atoms with E-state index in [2.05, 4.69) is 24.3 Å². The second kappa shape index (κ2) is 6.15. The third-order valence-electron chi connectivity index (χ3n) is 5.41. The van der Waals surface area contributed by atoms with Crippen LogP contribution in [0.3, 0.4) is 0 Å². The first-order valence-corrected chi connectivity index (χ1v) is 9.06. The molecule has 0 amide bonds. The van der Waals surface area contributed by atoms with Gasteiger partial charge in [-0.05, 0) is 36.5 Å². The first-order valence-electron chi connectivity index (χ1n) is 9.06. The molecule has 1 aromatic carbocycles. The van der Waals surface area contributed by atoms with Crippen molar-refractivity contribution in [2.45, 2.75) is 39.5 Å². The Morgan fingerprint density at radius 1 is 1.19 bits per heavy atom. The molecule has 2 aromatic rings. The molecule has 2 heterocycles. The molecule has 142 valence electrons. The third kappa shape index (κ3) is 2.80. The van der Waals surface area contributed by atoms with Crippen molar-refractivity contribution >= 4 is 11.7 Å². The minimum atomic E-state index is -0.231. The fraction of sp³-hybridized carbons (Fsp3) is 0.429. The molecule has 27 heavy (non-hydrogen) atoms. The molecule has 2 aliphatic rings. The summed E-state index contributed by atoms with van der Waals surface area (Å²) in [5.74, 6) is 1.85. The molecule has 0 saturated carbocycles. The van der Waals surface area contributed by atoms with E-state index in [1.165, 1.54) is 0 Å². The van der Waals surface area contributed by atoms with Crippen LogP contribution in [0.4, 0.5) is 5.88 Å². The maximum atomic E-state index is 13.1. The van der Waals surface area contributed by atoms with Crippen LogP contribution >= 0.6 is 0 Å². The zero-order chi connectivity index (χ0) is 19.3. The number of Topliss-reactive ketones (excluding diaryl/α,β-unsaturated/α-hetero) is 1. The number of allylic oxidation sites excluding steroid dienone is 2. The Balaban J connectivity index is 1.92. The molecule has 0 bridgehead atoms. The summed E-state index contributed by atoms with van der Waals surface area (Å²) in [7, 11) is 3.22. The van der Waals surface area contributed by atoms with Gasteiger partial charge in [0, 0.05) is 23.6 Å². The van der Waals surface area contributed by atoms with E-state index >= 15 is 0 Å². The fourth-order valence-electron chi connectivity index (χ4n) is 4.24. The van der Waals surface area contributed by atoms with Crippen molar-refractivity contribution in [1.82, 2.24) is 5.16 Å². The molecule has 0 fully saturated rings. The van der Waals surface area contributed by atoms with Gasteiger partial charge in [0.2, 0.25) is 5.88 Å². The molecule has 1 aliphatic heterocycles. The summed E-state index contributed by atoms with van der Waals surface area (Å²) < 4.78 is 16.4. The molecule has 0 spiro atoms. The highest BCUT2D eigenvalue weighted by Gasteiger charge is 2.43. The van der Waals surface area contributed by atoms with Gasteiger partial charge in [-0.2, -0.15) is 0 Å². The molecule has 1 aromatic heterocycles. The number of nitrogens with zero attached hydrogens (tertiary/aromatic N) is 1. The average molecular weight is 368 g/mol. The number of carbonyl (C=O) groups excluding carboxylic acids is 1. The number of carbonyl (C=O) groups is 1. The van der Waals surface area contributed by atoms with E-state index in [1.54, 1.807) is 14.2 Å². The number of hydrogen-bond acceptors (Lipinski definition) is 6. The predicted octanol–water partition coefficient (Wildman–Crippen LogP) is 4.20. The molecule has 0 saturated heterocycles. The summed E-state index contributed by atoms with van der Waals surface area (Å²) >= 11 is 0. The van der Waals surface area contributed by atoms with Crippen LogP contribution in [0.25, 0.3) is 0 Å². The molecule has 1 atom stereocenters. The van der Waals surface area contributed by atoms with E-state index in [0.29, 0.717) is 23.8 Å². The van der Waals surface area contributed by atoms with Crippen molar-refractivity contribution in [3.63, 3.8) is 0 Å². The lowest BCUT2D eigenvalue weighted by Crippen LogP contribution is -2.33. The first kappa shape index (κ1) is 17.6. The van der Waals surface area contributed by atoms with Crippen LogP contribution in [0.15, 0.2) is 34.0 Å². The number of methoxy groups -OCH3 is 2. The number of ether oxygens (including phenoxy) is 2. The number of nitrogens with one attached hydrogen (secondary N) is 1. The number of fused-ring (bicyclic) bond motifs is 1. The normalized spacial score (nSPS) is 20.6. The Morgan fingerprint density at radius 2 is 1.93 bits per heavy atom. The van der Waals surface area contributed by atoms with E-state index in [9.17, 15) is 4.79 Å². The molecule has 4 rings (SSSR count). The number of aryl methyl sites for hydroxylation is 1. The van der Waals surface area contributed by atoms with Crippen molar-refractivity contribution in [3.05, 3.63) is 46.3 Å². The maximum absolute atomic E-state index is 13.1. The van der Waals surface area contributed by atoms with Crippen LogP contribution < -0.4 is 14.8 Å². The molecule has 1 N–H and O–H groups in total. The van der Waals surface area contributed by atoms with Crippen LogP contribution in [-0.4, -0.2) is 25.2 Å². The molecular weight excluding hydrogens is 344 g/mol. The van der Waals surface area contributed by atoms with E-state index in [4.69, 9.17) is 14.0 Å². The van der Waals surface area contributed by atoms with Gasteiger partial charge in [0.25, 0.3) is 0 Å². The van der Waals surface area contributed by atoms with Gasteiger partial charge in [0.05, 0.1) is 25.5 Å². The number of aromatic nitrogens is 1. The highest BCUT2D eigenvalue weighted by atomic mass is 16.5. The Hall–Kier alpha value is -2.76. The molecule has 6 nitrogen and oxygen atoms in total. The van der Waals surface area contributed by atoms with Crippen LogP contribution in [0.5, 0.6) is 11.5 Å². The van der Waals surface area contributed by atoms with Crippen LogP contribution in [0.1, 0.15) is 49.4 Å². The minimum absolute atomic E-state index is 0.0857. The molecule has 6 heteroatoms. The minimum Gasteiger partial charge on any atom is -0.493 e. The molecular formula is C21H24N2O4. The maximum Gasteiger partial charge on any atom is 0.233 e. The summed E-state index contributed by atoms with van der Waals surface area (Å²) in [6, 6.07) is 5.78. The van der Waals surface area contributed by atoms with Crippen LogP contribution in [-0.2, 0) is 4.79 Å². The van der Waals surface area contributed by atoms with Crippen molar-refractivity contribution in [1.29, 1.82) is 0 Å². The Morgan fingerprint density at radius 3 is 2.63 bits per heavy atom. The van der Waals surface area contributed by atoms with Gasteiger partial charge in [0.1, 0.15) is 0 Å². The lowest BCUT2D eigenvalue weighted by molar-refractivity contribution is -0.118. The Kier molecular flexibility index (Phi) is 4.02. The van der Waals surface area contributed by atoms with Gasteiger partial charge in [-0.15, -0.1) is 0 Å². The number of hydrogen-bond donors (Lipinski definition) is 1. The monoisotopic (exact) mass is 368 g/mol. The standard InChI is InChI=1S/C21H24N2O4/c1-11-17-18(12-6-7-15(25-4)16(8-12)26-5)19-13(22-20(17)27-23-11)9-21(2,3)10-14(19)24/h6-8,18,22H,9-10H2,1-5H3. The summed E-state index contributed by atoms with van der Waals surface area (Å²) in [5, 5.41) is 7.47. The van der Waals surface area contributed by atoms with Crippen LogP contribution in [0.2, 0.25) is 0 Å². The third-order valence-corrected chi connectivity index (χ3v) is 5.41. The topological polar surface area (TPSA) is 73.6 Å². The second-order valence-electron chi connectivity index (χ2n) is 8.02. The lowest BCUT2D eigenvalue weighted by atomic mass is 9.69. The fourth-order valence-corrected chi connectivity index (χ4v) is 4.24. The summed E-state index contributed by atoms with van der Waals surface area (Å²) in [4.78, 5) is 13.1. The van der Waals surface area contributed by atoms with E-state index in [0.717, 1.165) is 34.5 Å². The van der Waals surface area contributed by atoms with Gasteiger partial charge in [-0.1, -0.05) is 25.1 Å². The van der Waals surface area contributed by atoms with E-state index < -0.39 is 0 Å². The summed E-state index contributed by atoms with van der Waals surface area (Å²) in [6.45, 7) is 6.13. The Labute approximate surface area is 158 Å². The zero-order valence-corrected chi connectivity index (χ0v) is 16.3. The van der Waals surface area contributed by atoms with Gasteiger partial charge in [-0.25, -0.2) is 0 Å². The van der Waals surface area contributed by atoms with Crippen molar-refractivity contribution < 1.29 is 18.8 Å². The van der Waals surface area contributed by atoms with E-state index in [1.807, 2.05) is 25.1 Å². The number of rotatable bonds is 3. The van der Waals surface area contributed by atoms with Gasteiger partial charge < -0.3 is 19.3 Å². The summed E-state index contributed by atoms with van der Waals surface area (Å²) in [6.07, 6.45) is 1.31. The largest absolute Gasteiger partial charge is 0.493 e. The van der Waals surface area contributed by atoms with Gasteiger partial charge in [0.15, 0.2) is 17.3 Å². The summed E-state index contributed by atoms with van der Waals surface area (Å²) in [5.41, 5.74) is 4.30. The van der Waals surface area contributed by atoms with Crippen LogP contribution in [0, 0.1) is 12.3 Å². The van der Waals surface area contributed by atoms with E-state index in [-0.39, 0.29) is 17.1 Å². The predicted molar refractivity (Wildman–Crippen MR) is 101 cm³/mol. The quantitative estimate of drug-likeness (QED) is 0.875. The van der Waals surface area contributed by atoms with Crippen molar-refractivity contribution in [3.8, 4) is 11.5 Å². The average Bonchev–Trinajstić information content (AvgIpc) is 2.99. The number of benzene rings is 1. The number of anilines is 1. The second-order valence-corrected chi connectivity index (χ2v) is 8.02. The van der Waals surface area contributed by atoms with Crippen molar-refractivity contribution in [2.75, 3.05) is 19.5 Å². The van der Waals surface area contributed by atoms with Gasteiger partial charge in [-0.3, -0.25) is 4.79 Å². The Bertz CT molecular complexity index is 955. The lowest BCUT2D eigenvalue weighted by Gasteiger charge is -2.37.